The number of benzene rings is 1. The van der Waals surface area contributed by atoms with E-state index in [1.54, 1.807) is 24.8 Å². The van der Waals surface area contributed by atoms with Crippen LogP contribution < -0.4 is 5.32 Å². The van der Waals surface area contributed by atoms with Gasteiger partial charge in [0.15, 0.2) is 17.2 Å². The van der Waals surface area contributed by atoms with Gasteiger partial charge in [-0.3, -0.25) is 15.1 Å². The van der Waals surface area contributed by atoms with Crippen LogP contribution in [0.15, 0.2) is 104 Å². The summed E-state index contributed by atoms with van der Waals surface area (Å²) in [5, 5.41) is 10.9. The van der Waals surface area contributed by atoms with Gasteiger partial charge in [-0.15, -0.1) is 0 Å². The third kappa shape index (κ3) is 4.17. The molecule has 0 fully saturated rings. The molecule has 7 aromatic rings. The Bertz CT molecular complexity index is 1960. The predicted octanol–water partition coefficient (Wildman–Crippen LogP) is 6.10. The third-order valence-electron chi connectivity index (χ3n) is 6.41. The summed E-state index contributed by atoms with van der Waals surface area (Å²) in [5.41, 5.74) is 9.43. The first kappa shape index (κ1) is 22.5. The zero-order valence-electron chi connectivity index (χ0n) is 20.6. The van der Waals surface area contributed by atoms with Crippen LogP contribution in [0, 0.1) is 0 Å². The van der Waals surface area contributed by atoms with Crippen LogP contribution in [0.5, 0.6) is 0 Å². The van der Waals surface area contributed by atoms with E-state index in [-0.39, 0.29) is 0 Å². The zero-order valence-corrected chi connectivity index (χ0v) is 20.6. The number of pyridine rings is 4. The molecule has 6 heterocycles. The fourth-order valence-corrected chi connectivity index (χ4v) is 4.51. The minimum atomic E-state index is 0.574. The van der Waals surface area contributed by atoms with Gasteiger partial charge in [0.2, 0.25) is 0 Å². The number of aromatic amines is 2. The van der Waals surface area contributed by atoms with E-state index in [1.807, 2.05) is 72.8 Å². The van der Waals surface area contributed by atoms with E-state index >= 15 is 0 Å². The van der Waals surface area contributed by atoms with Gasteiger partial charge in [-0.05, 0) is 42.0 Å². The molecule has 0 saturated heterocycles. The van der Waals surface area contributed by atoms with Crippen molar-refractivity contribution in [3.8, 4) is 34.0 Å². The number of hydrogen-bond acceptors (Lipinski definition) is 7. The second-order valence-corrected chi connectivity index (χ2v) is 8.95. The summed E-state index contributed by atoms with van der Waals surface area (Å²) >= 11 is 0. The van der Waals surface area contributed by atoms with Crippen molar-refractivity contribution in [1.29, 1.82) is 0 Å². The number of anilines is 1. The number of hydrogen-bond donors (Lipinski definition) is 3. The maximum atomic E-state index is 4.93. The quantitative estimate of drug-likeness (QED) is 0.249. The Hall–Kier alpha value is -5.70. The molecule has 0 atom stereocenters. The normalized spacial score (nSPS) is 11.2. The van der Waals surface area contributed by atoms with Crippen molar-refractivity contribution in [3.63, 3.8) is 0 Å². The van der Waals surface area contributed by atoms with Crippen LogP contribution in [0.4, 0.5) is 5.69 Å². The number of rotatable bonds is 6. The molecule has 9 nitrogen and oxygen atoms in total. The van der Waals surface area contributed by atoms with Gasteiger partial charge in [-0.25, -0.2) is 15.0 Å². The monoisotopic (exact) mass is 507 g/mol. The van der Waals surface area contributed by atoms with Gasteiger partial charge in [-0.2, -0.15) is 5.10 Å². The summed E-state index contributed by atoms with van der Waals surface area (Å²) in [6.07, 6.45) is 7.06. The highest BCUT2D eigenvalue weighted by molar-refractivity contribution is 5.94. The summed E-state index contributed by atoms with van der Waals surface area (Å²) in [5.74, 6) is 0.574. The predicted molar refractivity (Wildman–Crippen MR) is 152 cm³/mol. The van der Waals surface area contributed by atoms with E-state index < -0.39 is 0 Å². The van der Waals surface area contributed by atoms with Crippen molar-refractivity contribution in [2.45, 2.75) is 0 Å². The fraction of sp³-hybridized carbons (Fsp3) is 0. The van der Waals surface area contributed by atoms with Gasteiger partial charge in [-0.1, -0.05) is 43.0 Å². The highest BCUT2D eigenvalue weighted by atomic mass is 15.2. The van der Waals surface area contributed by atoms with Crippen LogP contribution in [0.2, 0.25) is 0 Å². The second kappa shape index (κ2) is 9.31. The van der Waals surface area contributed by atoms with Crippen molar-refractivity contribution < 1.29 is 0 Å². The topological polar surface area (TPSA) is 121 Å². The largest absolute Gasteiger partial charge is 0.354 e. The average Bonchev–Trinajstić information content (AvgIpc) is 3.62. The fourth-order valence-electron chi connectivity index (χ4n) is 4.51. The van der Waals surface area contributed by atoms with E-state index in [4.69, 9.17) is 9.97 Å². The Kier molecular flexibility index (Phi) is 5.37. The molecular formula is C30H21N9. The lowest BCUT2D eigenvalue weighted by molar-refractivity contribution is 1.10. The van der Waals surface area contributed by atoms with E-state index in [2.05, 4.69) is 42.0 Å². The SMILES string of the molecule is C=C(Nc1cncc(-c2ccc3[nH]nc(-c4nc5c(-c6ccccn6)ccnc5[nH]4)c3n2)c1)c1ccccc1. The second-order valence-electron chi connectivity index (χ2n) is 8.95. The van der Waals surface area contributed by atoms with Crippen LogP contribution >= 0.6 is 0 Å². The number of nitrogens with zero attached hydrogens (tertiary/aromatic N) is 6. The minimum Gasteiger partial charge on any atom is -0.354 e. The molecule has 0 bridgehead atoms. The molecule has 6 aromatic heterocycles. The molecule has 3 N–H and O–H groups in total. The molecule has 9 heteroatoms. The number of imidazole rings is 1. The molecule has 0 aliphatic rings. The molecule has 0 spiro atoms. The highest BCUT2D eigenvalue weighted by Gasteiger charge is 2.18. The van der Waals surface area contributed by atoms with E-state index in [1.165, 1.54) is 0 Å². The Labute approximate surface area is 222 Å². The first-order valence-electron chi connectivity index (χ1n) is 12.3. The molecule has 0 saturated carbocycles. The smallest absolute Gasteiger partial charge is 0.162 e. The van der Waals surface area contributed by atoms with E-state index in [0.717, 1.165) is 50.5 Å². The summed E-state index contributed by atoms with van der Waals surface area (Å²) < 4.78 is 0. The van der Waals surface area contributed by atoms with Crippen molar-refractivity contribution in [2.24, 2.45) is 0 Å². The molecular weight excluding hydrogens is 486 g/mol. The standard InChI is InChI=1S/C30H21N9/c1-18(19-7-3-2-4-8-19)34-21-15-20(16-31-17-21)23-10-11-25-27(35-23)28(39-38-25)30-36-26-22(12-14-33-29(26)37-30)24-9-5-6-13-32-24/h2-17,34H,1H2,(H,38,39)(H,33,36,37). The average molecular weight is 508 g/mol. The lowest BCUT2D eigenvalue weighted by Gasteiger charge is -2.10. The third-order valence-corrected chi connectivity index (χ3v) is 6.41. The summed E-state index contributed by atoms with van der Waals surface area (Å²) in [4.78, 5) is 26.5. The molecule has 0 unspecified atom stereocenters. The molecule has 0 aliphatic carbocycles. The van der Waals surface area contributed by atoms with Gasteiger partial charge < -0.3 is 10.3 Å². The Morgan fingerprint density at radius 1 is 0.795 bits per heavy atom. The number of nitrogens with one attached hydrogen (secondary N) is 3. The summed E-state index contributed by atoms with van der Waals surface area (Å²) in [7, 11) is 0. The lowest BCUT2D eigenvalue weighted by Crippen LogP contribution is -1.98. The molecule has 1 aromatic carbocycles. The summed E-state index contributed by atoms with van der Waals surface area (Å²) in [6, 6.07) is 23.6. The molecule has 186 valence electrons. The minimum absolute atomic E-state index is 0.574. The Morgan fingerprint density at radius 2 is 1.69 bits per heavy atom. The van der Waals surface area contributed by atoms with Crippen molar-refractivity contribution in [3.05, 3.63) is 110 Å². The van der Waals surface area contributed by atoms with Gasteiger partial charge in [0.05, 0.1) is 28.8 Å². The van der Waals surface area contributed by atoms with Crippen LogP contribution in [0.1, 0.15) is 5.56 Å². The first-order chi connectivity index (χ1) is 19.2. The molecule has 0 radical (unpaired) electrons. The first-order valence-corrected chi connectivity index (χ1v) is 12.3. The molecule has 0 aliphatic heterocycles. The van der Waals surface area contributed by atoms with Gasteiger partial charge >= 0.3 is 0 Å². The zero-order chi connectivity index (χ0) is 26.2. The van der Waals surface area contributed by atoms with Crippen LogP contribution in [0.3, 0.4) is 0 Å². The maximum Gasteiger partial charge on any atom is 0.162 e. The maximum absolute atomic E-state index is 4.93. The number of H-pyrrole nitrogens is 2. The molecule has 39 heavy (non-hydrogen) atoms. The highest BCUT2D eigenvalue weighted by Crippen LogP contribution is 2.31. The van der Waals surface area contributed by atoms with Crippen molar-refractivity contribution in [1.82, 2.24) is 40.1 Å². The van der Waals surface area contributed by atoms with Gasteiger partial charge in [0, 0.05) is 35.4 Å². The van der Waals surface area contributed by atoms with Crippen molar-refractivity contribution in [2.75, 3.05) is 5.32 Å². The van der Waals surface area contributed by atoms with Crippen LogP contribution in [-0.4, -0.2) is 40.1 Å². The Morgan fingerprint density at radius 3 is 2.56 bits per heavy atom. The lowest BCUT2D eigenvalue weighted by atomic mass is 10.1. The van der Waals surface area contributed by atoms with E-state index in [9.17, 15) is 0 Å². The van der Waals surface area contributed by atoms with Crippen LogP contribution in [0.25, 0.3) is 61.9 Å². The molecule has 7 rings (SSSR count). The van der Waals surface area contributed by atoms with Crippen molar-refractivity contribution >= 4 is 33.6 Å². The van der Waals surface area contributed by atoms with Gasteiger partial charge in [0.25, 0.3) is 0 Å². The van der Waals surface area contributed by atoms with Gasteiger partial charge in [0.1, 0.15) is 11.0 Å². The Balaban J connectivity index is 1.25. The summed E-state index contributed by atoms with van der Waals surface area (Å²) in [6.45, 7) is 4.16. The van der Waals surface area contributed by atoms with Crippen LogP contribution in [-0.2, 0) is 0 Å². The number of aromatic nitrogens is 8. The number of fused-ring (bicyclic) bond motifs is 2. The van der Waals surface area contributed by atoms with E-state index in [0.29, 0.717) is 22.7 Å². The molecule has 0 amide bonds.